The molecule has 0 N–H and O–H groups in total. The van der Waals surface area contributed by atoms with E-state index in [0.29, 0.717) is 34.5 Å². The molecule has 0 unspecified atom stereocenters. The summed E-state index contributed by atoms with van der Waals surface area (Å²) in [5.41, 5.74) is 0. The third-order valence-corrected chi connectivity index (χ3v) is 34.4. The Labute approximate surface area is 769 Å². The molecule has 12 aromatic carbocycles. The van der Waals surface area contributed by atoms with E-state index in [1.165, 1.54) is 39.2 Å². The van der Waals surface area contributed by atoms with Gasteiger partial charge in [-0.25, -0.2) is 12.6 Å². The number of benzene rings is 12. The van der Waals surface area contributed by atoms with E-state index in [2.05, 4.69) is 161 Å². The molecule has 0 fully saturated rings. The lowest BCUT2D eigenvalue weighted by Gasteiger charge is -2.19. The molecule has 0 aromatic heterocycles. The molecule has 12 aromatic rings. The van der Waals surface area contributed by atoms with Crippen LogP contribution in [0.1, 0.15) is 55.4 Å². The molecule has 27 heteroatoms. The molecule has 0 saturated carbocycles. The maximum absolute atomic E-state index is 13.1. The Hall–Kier alpha value is -8.71. The summed E-state index contributed by atoms with van der Waals surface area (Å²) in [5.74, 6) is 3.40. The minimum Gasteiger partial charge on any atom is -0.490 e. The van der Waals surface area contributed by atoms with Crippen LogP contribution in [-0.4, -0.2) is 107 Å². The summed E-state index contributed by atoms with van der Waals surface area (Å²) in [7, 11) is -5.98. The zero-order valence-corrected chi connectivity index (χ0v) is 80.3. The highest BCUT2D eigenvalue weighted by molar-refractivity contribution is 9.10. The van der Waals surface area contributed by atoms with Crippen molar-refractivity contribution in [3.05, 3.63) is 291 Å². The third kappa shape index (κ3) is 22.9. The summed E-state index contributed by atoms with van der Waals surface area (Å²) in [6.07, 6.45) is 0. The summed E-state index contributed by atoms with van der Waals surface area (Å²) in [4.78, 5) is 65.6. The smallest absolute Gasteiger partial charge is 0.322 e. The average Bonchev–Trinajstić information content (AvgIpc) is 0.729. The molecule has 4 heterocycles. The third-order valence-electron chi connectivity index (χ3n) is 18.5. The van der Waals surface area contributed by atoms with E-state index in [-0.39, 0.29) is 96.2 Å². The SMILES string of the molecule is CC(C)(Br)C(=O)OCCOc1ccc([S+]2c3ccccc3Oc3ccccc32)cc1.CC(C)(Br)C(=O)OCCOc1ccc([S+]2c3ccccc3S(=O)(=O)c3ccccc32)cc1.CC(C)(Br)C(=O)OCCOc1ccc([S+]2c3ccccc3S(=O)c3ccccc32)cc1.CC(C)(Br)C(=O)OCCOc1ccc([S+]2c3ccccc3Sc3ccccc32)cc1. The number of hydrogen-bond acceptors (Lipinski definition) is 17. The molecule has 0 atom stereocenters. The number of fused-ring (bicyclic) bond motifs is 8. The number of esters is 4. The quantitative estimate of drug-likeness (QED) is 0.0181. The van der Waals surface area contributed by atoms with E-state index >= 15 is 0 Å². The van der Waals surface area contributed by atoms with Gasteiger partial charge in [-0.2, -0.15) is 0 Å². The lowest BCUT2D eigenvalue weighted by molar-refractivity contribution is -0.146. The molecule has 16 rings (SSSR count). The number of para-hydroxylation sites is 2. The van der Waals surface area contributed by atoms with Crippen LogP contribution >= 0.6 is 75.5 Å². The van der Waals surface area contributed by atoms with E-state index in [4.69, 9.17) is 42.6 Å². The first-order valence-electron chi connectivity index (χ1n) is 39.0. The first kappa shape index (κ1) is 92.0. The van der Waals surface area contributed by atoms with E-state index in [0.717, 1.165) is 62.2 Å². The van der Waals surface area contributed by atoms with Crippen LogP contribution in [0.5, 0.6) is 34.5 Å². The Balaban J connectivity index is 0.000000141. The molecule has 123 heavy (non-hydrogen) atoms. The van der Waals surface area contributed by atoms with Crippen LogP contribution in [0.4, 0.5) is 0 Å². The van der Waals surface area contributed by atoms with E-state index in [1.807, 2.05) is 182 Å². The predicted molar refractivity (Wildman–Crippen MR) is 498 cm³/mol. The van der Waals surface area contributed by atoms with Crippen LogP contribution in [0.3, 0.4) is 0 Å². The van der Waals surface area contributed by atoms with Crippen molar-refractivity contribution in [2.45, 2.75) is 161 Å². The van der Waals surface area contributed by atoms with E-state index in [1.54, 1.807) is 79.7 Å². The van der Waals surface area contributed by atoms with Gasteiger partial charge in [0.2, 0.25) is 19.6 Å². The molecule has 0 bridgehead atoms. The van der Waals surface area contributed by atoms with Gasteiger partial charge in [-0.1, -0.05) is 173 Å². The van der Waals surface area contributed by atoms with Gasteiger partial charge in [0.1, 0.15) is 147 Å². The summed E-state index contributed by atoms with van der Waals surface area (Å²) < 4.78 is 86.3. The average molecular weight is 2040 g/mol. The molecule has 634 valence electrons. The number of hydrogen-bond donors (Lipinski definition) is 0. The van der Waals surface area contributed by atoms with Crippen molar-refractivity contribution < 1.29 is 74.4 Å². The minimum absolute atomic E-state index is 0.141. The number of alkyl halides is 4. The van der Waals surface area contributed by atoms with Crippen molar-refractivity contribution in [1.29, 1.82) is 0 Å². The maximum Gasteiger partial charge on any atom is 0.322 e. The first-order chi connectivity index (χ1) is 58.9. The molecule has 4 aliphatic heterocycles. The normalized spacial score (nSPS) is 14.7. The zero-order valence-electron chi connectivity index (χ0n) is 68.3. The topological polar surface area (TPSA) is 203 Å². The number of sulfone groups is 1. The Morgan fingerprint density at radius 3 is 0.854 bits per heavy atom. The zero-order chi connectivity index (χ0) is 87.2. The second-order valence-electron chi connectivity index (χ2n) is 29.5. The van der Waals surface area contributed by atoms with Crippen molar-refractivity contribution in [2.24, 2.45) is 0 Å². The highest BCUT2D eigenvalue weighted by atomic mass is 79.9. The molecule has 0 amide bonds. The van der Waals surface area contributed by atoms with E-state index in [9.17, 15) is 31.8 Å². The molecular weight excluding hydrogens is 1950 g/mol. The van der Waals surface area contributed by atoms with E-state index < -0.39 is 48.8 Å². The van der Waals surface area contributed by atoms with Gasteiger partial charge < -0.3 is 42.6 Å². The summed E-state index contributed by atoms with van der Waals surface area (Å²) in [6, 6.07) is 95.8. The van der Waals surface area contributed by atoms with Crippen LogP contribution in [0.25, 0.3) is 0 Å². The molecule has 0 aliphatic carbocycles. The Morgan fingerprint density at radius 1 is 0.309 bits per heavy atom. The second-order valence-corrected chi connectivity index (χ2v) is 49.7. The summed E-state index contributed by atoms with van der Waals surface area (Å²) >= 11 is 15.0. The number of ether oxygens (including phenoxy) is 9. The van der Waals surface area contributed by atoms with Crippen LogP contribution in [0.15, 0.2) is 379 Å². The monoisotopic (exact) mass is 2040 g/mol. The van der Waals surface area contributed by atoms with Crippen LogP contribution in [0.2, 0.25) is 0 Å². The molecule has 4 aliphatic rings. The van der Waals surface area contributed by atoms with Gasteiger partial charge in [0, 0.05) is 0 Å². The largest absolute Gasteiger partial charge is 0.490 e. The second kappa shape index (κ2) is 41.2. The van der Waals surface area contributed by atoms with Crippen LogP contribution in [0, 0.1) is 0 Å². The van der Waals surface area contributed by atoms with Crippen molar-refractivity contribution in [2.75, 3.05) is 52.9 Å². The van der Waals surface area contributed by atoms with Gasteiger partial charge in [-0.3, -0.25) is 19.2 Å². The number of carbonyl (C=O) groups excluding carboxylic acids is 4. The first-order valence-corrected chi connectivity index (χ1v) is 50.5. The lowest BCUT2D eigenvalue weighted by Crippen LogP contribution is -2.28. The van der Waals surface area contributed by atoms with Gasteiger partial charge in [0.25, 0.3) is 0 Å². The Kier molecular flexibility index (Phi) is 30.8. The molecule has 16 nitrogen and oxygen atoms in total. The molecule has 0 saturated heterocycles. The number of rotatable bonds is 24. The van der Waals surface area contributed by atoms with Gasteiger partial charge in [-0.15, -0.1) is 0 Å². The Morgan fingerprint density at radius 2 is 0.545 bits per heavy atom. The van der Waals surface area contributed by atoms with Gasteiger partial charge >= 0.3 is 23.9 Å². The molecular formula is C96H88Br4O16S7+4. The molecule has 0 radical (unpaired) electrons. The molecule has 0 spiro atoms. The van der Waals surface area contributed by atoms with Gasteiger partial charge in [0.05, 0.1) is 30.4 Å². The van der Waals surface area contributed by atoms with Crippen LogP contribution in [-0.2, 0) is 102 Å². The van der Waals surface area contributed by atoms with Crippen molar-refractivity contribution >= 4 is 164 Å². The number of halogens is 4. The summed E-state index contributed by atoms with van der Waals surface area (Å²) in [5, 5.41) is 0. The van der Waals surface area contributed by atoms with Crippen LogP contribution < -0.4 is 23.7 Å². The standard InChI is InChI=1S/C24H22BrO5S2.C24H22BrO4S2.C24H22BrO4S.C24H22BrO3S2/c1-24(2,25)23(26)30-16-15-29-17-11-13-18(14-12-17)31-19-7-3-5-9-21(19)32(27,28)22-10-6-4-8-20(22)31;1-24(2,25)23(26)29-16-15-28-17-11-13-18(14-12-17)30-19-7-3-5-9-21(19)31(27)22-10-6-4-8-20(22)30;2*1-24(2,25)23(26)28-16-15-27-17-11-13-18(14-12-17)30-21-9-5-3-7-19(21)29-20-8-4-6-10-22(20)30/h3-14H,15-16H2,1-2H3;3-14H,15-16H2,1-2H3;2*3-14H,15-16H2,1-2H3/q4*+1. The maximum atomic E-state index is 13.1. The highest BCUT2D eigenvalue weighted by Crippen LogP contribution is 2.51. The van der Waals surface area contributed by atoms with Crippen molar-refractivity contribution in [3.8, 4) is 34.5 Å². The fourth-order valence-corrected chi connectivity index (χ4v) is 27.9. The van der Waals surface area contributed by atoms with Crippen molar-refractivity contribution in [1.82, 2.24) is 0 Å². The fraction of sp³-hybridized carbons (Fsp3) is 0.208. The van der Waals surface area contributed by atoms with Gasteiger partial charge in [-0.05, 0) is 250 Å². The predicted octanol–water partition coefficient (Wildman–Crippen LogP) is 22.7. The van der Waals surface area contributed by atoms with Crippen molar-refractivity contribution in [3.63, 3.8) is 0 Å². The van der Waals surface area contributed by atoms with Gasteiger partial charge in [0.15, 0.2) is 60.5 Å². The fourth-order valence-electron chi connectivity index (χ4n) is 12.6. The summed E-state index contributed by atoms with van der Waals surface area (Å²) in [6.45, 7) is 15.9. The Bertz CT molecular complexity index is 5530. The highest BCUT2D eigenvalue weighted by Gasteiger charge is 2.47. The minimum atomic E-state index is -3.55. The number of carbonyl (C=O) groups is 4. The lowest BCUT2D eigenvalue weighted by atomic mass is 10.2.